The zero-order valence-electron chi connectivity index (χ0n) is 15.9. The smallest absolute Gasteiger partial charge is 0.305 e. The monoisotopic (exact) mass is 354 g/mol. The van der Waals surface area contributed by atoms with E-state index < -0.39 is 0 Å². The van der Waals surface area contributed by atoms with E-state index in [1.807, 2.05) is 0 Å². The fourth-order valence-corrected chi connectivity index (χ4v) is 2.80. The molecule has 4 heteroatoms. The molecule has 1 unspecified atom stereocenters. The summed E-state index contributed by atoms with van der Waals surface area (Å²) in [5.41, 5.74) is 0. The van der Waals surface area contributed by atoms with Crippen molar-refractivity contribution in [3.05, 3.63) is 12.2 Å². The van der Waals surface area contributed by atoms with Gasteiger partial charge in [0.2, 0.25) is 0 Å². The molecule has 0 radical (unpaired) electrons. The molecule has 0 amide bonds. The Morgan fingerprint density at radius 1 is 0.880 bits per heavy atom. The predicted octanol–water partition coefficient (Wildman–Crippen LogP) is 4.94. The van der Waals surface area contributed by atoms with Crippen molar-refractivity contribution < 1.29 is 19.4 Å². The van der Waals surface area contributed by atoms with Crippen molar-refractivity contribution in [3.63, 3.8) is 0 Å². The van der Waals surface area contributed by atoms with Crippen LogP contribution >= 0.6 is 0 Å². The topological polar surface area (TPSA) is 59.1 Å². The Hall–Kier alpha value is -0.870. The van der Waals surface area contributed by atoms with Gasteiger partial charge in [-0.1, -0.05) is 57.1 Å². The van der Waals surface area contributed by atoms with Crippen LogP contribution < -0.4 is 0 Å². The number of ether oxygens (including phenoxy) is 2. The van der Waals surface area contributed by atoms with Gasteiger partial charge in [0.1, 0.15) is 12.7 Å². The second kappa shape index (κ2) is 16.6. The van der Waals surface area contributed by atoms with Gasteiger partial charge in [-0.3, -0.25) is 4.79 Å². The molecule has 0 aromatic carbocycles. The molecular weight excluding hydrogens is 316 g/mol. The van der Waals surface area contributed by atoms with Crippen LogP contribution in [-0.4, -0.2) is 37.0 Å². The van der Waals surface area contributed by atoms with Crippen LogP contribution in [0.1, 0.15) is 89.9 Å². The standard InChI is InChI=1S/C21H38O4/c22-17-15-13-11-9-7-5-3-1-2-4-6-8-10-12-14-16-21(23)25-19-20-18-24-20/h1-2,20,22H,3-19H2. The summed E-state index contributed by atoms with van der Waals surface area (Å²) in [5.74, 6) is -0.0770. The van der Waals surface area contributed by atoms with Crippen LogP contribution in [0.3, 0.4) is 0 Å². The summed E-state index contributed by atoms with van der Waals surface area (Å²) in [4.78, 5) is 11.4. The lowest BCUT2D eigenvalue weighted by Gasteiger charge is -2.02. The Balaban J connectivity index is 1.71. The number of hydrogen-bond donors (Lipinski definition) is 1. The molecule has 0 bridgehead atoms. The van der Waals surface area contributed by atoms with Gasteiger partial charge >= 0.3 is 5.97 Å². The fraction of sp³-hybridized carbons (Fsp3) is 0.857. The number of carbonyl (C=O) groups is 1. The van der Waals surface area contributed by atoms with Gasteiger partial charge in [-0.15, -0.1) is 0 Å². The normalized spacial score (nSPS) is 16.4. The first kappa shape index (κ1) is 22.2. The van der Waals surface area contributed by atoms with Crippen molar-refractivity contribution in [1.29, 1.82) is 0 Å². The van der Waals surface area contributed by atoms with Gasteiger partial charge in [-0.2, -0.15) is 0 Å². The maximum absolute atomic E-state index is 11.4. The second-order valence-electron chi connectivity index (χ2n) is 7.05. The molecule has 1 atom stereocenters. The molecule has 1 aliphatic heterocycles. The maximum atomic E-state index is 11.4. The van der Waals surface area contributed by atoms with E-state index in [0.29, 0.717) is 19.6 Å². The van der Waals surface area contributed by atoms with E-state index in [4.69, 9.17) is 14.6 Å². The highest BCUT2D eigenvalue weighted by molar-refractivity contribution is 5.69. The maximum Gasteiger partial charge on any atom is 0.305 e. The van der Waals surface area contributed by atoms with Gasteiger partial charge in [-0.25, -0.2) is 0 Å². The van der Waals surface area contributed by atoms with Crippen LogP contribution in [0.15, 0.2) is 12.2 Å². The molecular formula is C21H38O4. The fourth-order valence-electron chi connectivity index (χ4n) is 2.80. The molecule has 1 N–H and O–H groups in total. The minimum atomic E-state index is -0.0770. The average molecular weight is 355 g/mol. The van der Waals surface area contributed by atoms with Crippen LogP contribution in [0.2, 0.25) is 0 Å². The van der Waals surface area contributed by atoms with Gasteiger partial charge < -0.3 is 14.6 Å². The van der Waals surface area contributed by atoms with E-state index >= 15 is 0 Å². The van der Waals surface area contributed by atoms with E-state index in [2.05, 4.69) is 12.2 Å². The van der Waals surface area contributed by atoms with Crippen molar-refractivity contribution >= 4 is 5.97 Å². The number of carbonyl (C=O) groups excluding carboxylic acids is 1. The molecule has 0 aromatic rings. The first-order chi connectivity index (χ1) is 12.3. The molecule has 146 valence electrons. The van der Waals surface area contributed by atoms with Crippen LogP contribution in [0, 0.1) is 0 Å². The Kier molecular flexibility index (Phi) is 14.7. The number of esters is 1. The van der Waals surface area contributed by atoms with Crippen LogP contribution in [0.5, 0.6) is 0 Å². The molecule has 1 rings (SSSR count). The molecule has 1 saturated heterocycles. The lowest BCUT2D eigenvalue weighted by molar-refractivity contribution is -0.144. The van der Waals surface area contributed by atoms with E-state index in [0.717, 1.165) is 25.9 Å². The highest BCUT2D eigenvalue weighted by atomic mass is 16.6. The Labute approximate surface area is 154 Å². The van der Waals surface area contributed by atoms with Gasteiger partial charge in [-0.05, 0) is 38.5 Å². The van der Waals surface area contributed by atoms with Gasteiger partial charge in [0.15, 0.2) is 0 Å². The molecule has 1 fully saturated rings. The SMILES string of the molecule is O=C(CCCCCCCC=CCCCCCCCCO)OCC1CO1. The van der Waals surface area contributed by atoms with Crippen LogP contribution in [0.25, 0.3) is 0 Å². The molecule has 1 heterocycles. The Morgan fingerprint density at radius 2 is 1.40 bits per heavy atom. The molecule has 0 aliphatic carbocycles. The summed E-state index contributed by atoms with van der Waals surface area (Å²) in [6.07, 6.45) is 20.8. The molecule has 4 nitrogen and oxygen atoms in total. The molecule has 1 aliphatic rings. The molecule has 0 aromatic heterocycles. The van der Waals surface area contributed by atoms with E-state index in [-0.39, 0.29) is 12.1 Å². The quantitative estimate of drug-likeness (QED) is 0.164. The number of rotatable bonds is 18. The molecule has 0 saturated carbocycles. The minimum Gasteiger partial charge on any atom is -0.463 e. The number of epoxide rings is 1. The number of hydrogen-bond acceptors (Lipinski definition) is 4. The van der Waals surface area contributed by atoms with Gasteiger partial charge in [0.25, 0.3) is 0 Å². The lowest BCUT2D eigenvalue weighted by Crippen LogP contribution is -2.09. The third-order valence-corrected chi connectivity index (χ3v) is 4.53. The van der Waals surface area contributed by atoms with Crippen LogP contribution in [0.4, 0.5) is 0 Å². The largest absolute Gasteiger partial charge is 0.463 e. The first-order valence-corrected chi connectivity index (χ1v) is 10.4. The minimum absolute atomic E-state index is 0.0770. The van der Waals surface area contributed by atoms with Crippen molar-refractivity contribution in [2.24, 2.45) is 0 Å². The first-order valence-electron chi connectivity index (χ1n) is 10.4. The highest BCUT2D eigenvalue weighted by Crippen LogP contribution is 2.12. The molecule has 0 spiro atoms. The van der Waals surface area contributed by atoms with Crippen LogP contribution in [-0.2, 0) is 14.3 Å². The second-order valence-corrected chi connectivity index (χ2v) is 7.05. The number of allylic oxidation sites excluding steroid dienone is 2. The van der Waals surface area contributed by atoms with Gasteiger partial charge in [0.05, 0.1) is 6.61 Å². The van der Waals surface area contributed by atoms with Gasteiger partial charge in [0, 0.05) is 13.0 Å². The lowest BCUT2D eigenvalue weighted by atomic mass is 10.1. The van der Waals surface area contributed by atoms with E-state index in [1.54, 1.807) is 0 Å². The predicted molar refractivity (Wildman–Crippen MR) is 102 cm³/mol. The Bertz CT molecular complexity index is 337. The summed E-state index contributed by atoms with van der Waals surface area (Å²) in [6, 6.07) is 0. The zero-order chi connectivity index (χ0) is 18.0. The van der Waals surface area contributed by atoms with E-state index in [9.17, 15) is 4.79 Å². The molecule has 25 heavy (non-hydrogen) atoms. The summed E-state index contributed by atoms with van der Waals surface area (Å²) < 4.78 is 10.1. The summed E-state index contributed by atoms with van der Waals surface area (Å²) >= 11 is 0. The summed E-state index contributed by atoms with van der Waals surface area (Å²) in [5, 5.41) is 8.70. The van der Waals surface area contributed by atoms with E-state index in [1.165, 1.54) is 64.2 Å². The highest BCUT2D eigenvalue weighted by Gasteiger charge is 2.23. The third kappa shape index (κ3) is 16.4. The summed E-state index contributed by atoms with van der Waals surface area (Å²) in [6.45, 7) is 1.52. The Morgan fingerprint density at radius 3 is 1.96 bits per heavy atom. The third-order valence-electron chi connectivity index (χ3n) is 4.53. The number of unbranched alkanes of at least 4 members (excludes halogenated alkanes) is 11. The average Bonchev–Trinajstić information content (AvgIpc) is 3.44. The number of aliphatic hydroxyl groups excluding tert-OH is 1. The van der Waals surface area contributed by atoms with Crippen molar-refractivity contribution in [1.82, 2.24) is 0 Å². The van der Waals surface area contributed by atoms with Crippen molar-refractivity contribution in [2.75, 3.05) is 19.8 Å². The van der Waals surface area contributed by atoms with Crippen molar-refractivity contribution in [2.45, 2.75) is 96.0 Å². The number of aliphatic hydroxyl groups is 1. The summed E-state index contributed by atoms with van der Waals surface area (Å²) in [7, 11) is 0. The van der Waals surface area contributed by atoms with Crippen molar-refractivity contribution in [3.8, 4) is 0 Å². The zero-order valence-corrected chi connectivity index (χ0v) is 15.9.